The minimum atomic E-state index is -0.118. The van der Waals surface area contributed by atoms with Crippen molar-refractivity contribution in [2.45, 2.75) is 6.10 Å². The SMILES string of the molecule is COc1ccc2c(c1)N=CC(c1ccccc1)O2. The number of methoxy groups -OCH3 is 1. The maximum absolute atomic E-state index is 5.91. The highest BCUT2D eigenvalue weighted by Gasteiger charge is 2.17. The van der Waals surface area contributed by atoms with Crippen LogP contribution in [0.4, 0.5) is 5.69 Å². The molecular weight excluding hydrogens is 226 g/mol. The lowest BCUT2D eigenvalue weighted by Gasteiger charge is -2.21. The van der Waals surface area contributed by atoms with Crippen molar-refractivity contribution in [3.63, 3.8) is 0 Å². The number of benzene rings is 2. The molecule has 0 N–H and O–H groups in total. The minimum absolute atomic E-state index is 0.118. The number of aliphatic imine (C=N–C) groups is 1. The molecule has 0 amide bonds. The summed E-state index contributed by atoms with van der Waals surface area (Å²) in [5.74, 6) is 1.57. The first-order valence-electron chi connectivity index (χ1n) is 5.80. The highest BCUT2D eigenvalue weighted by Crippen LogP contribution is 2.37. The first-order valence-corrected chi connectivity index (χ1v) is 5.80. The van der Waals surface area contributed by atoms with Gasteiger partial charge in [-0.1, -0.05) is 30.3 Å². The van der Waals surface area contributed by atoms with Crippen LogP contribution in [0.1, 0.15) is 11.7 Å². The first kappa shape index (κ1) is 10.8. The summed E-state index contributed by atoms with van der Waals surface area (Å²) in [6.07, 6.45) is 1.70. The number of hydrogen-bond donors (Lipinski definition) is 0. The second kappa shape index (κ2) is 4.53. The predicted octanol–water partition coefficient (Wildman–Crippen LogP) is 3.53. The van der Waals surface area contributed by atoms with E-state index < -0.39 is 0 Å². The summed E-state index contributed by atoms with van der Waals surface area (Å²) >= 11 is 0. The van der Waals surface area contributed by atoms with Gasteiger partial charge in [-0.15, -0.1) is 0 Å². The average molecular weight is 239 g/mol. The summed E-state index contributed by atoms with van der Waals surface area (Å²) in [6, 6.07) is 15.7. The van der Waals surface area contributed by atoms with Crippen molar-refractivity contribution in [1.29, 1.82) is 0 Å². The first-order chi connectivity index (χ1) is 8.86. The van der Waals surface area contributed by atoms with Gasteiger partial charge >= 0.3 is 0 Å². The normalized spacial score (nSPS) is 16.8. The fourth-order valence-corrected chi connectivity index (χ4v) is 1.94. The van der Waals surface area contributed by atoms with E-state index in [9.17, 15) is 0 Å². The molecule has 3 heteroatoms. The molecule has 0 aromatic heterocycles. The fraction of sp³-hybridized carbons (Fsp3) is 0.133. The van der Waals surface area contributed by atoms with E-state index in [4.69, 9.17) is 9.47 Å². The molecule has 0 saturated heterocycles. The lowest BCUT2D eigenvalue weighted by atomic mass is 10.1. The standard InChI is InChI=1S/C15H13NO2/c1-17-12-7-8-14-13(9-12)16-10-15(18-14)11-5-3-2-4-6-11/h2-10,15H,1H3. The van der Waals surface area contributed by atoms with Gasteiger partial charge in [0, 0.05) is 6.07 Å². The van der Waals surface area contributed by atoms with Crippen LogP contribution in [-0.4, -0.2) is 13.3 Å². The van der Waals surface area contributed by atoms with Crippen LogP contribution in [0.15, 0.2) is 53.5 Å². The van der Waals surface area contributed by atoms with Crippen molar-refractivity contribution >= 4 is 11.9 Å². The maximum atomic E-state index is 5.91. The lowest BCUT2D eigenvalue weighted by molar-refractivity contribution is 0.274. The molecule has 0 radical (unpaired) electrons. The highest BCUT2D eigenvalue weighted by molar-refractivity contribution is 5.75. The second-order valence-electron chi connectivity index (χ2n) is 4.06. The van der Waals surface area contributed by atoms with Crippen molar-refractivity contribution in [2.24, 2.45) is 4.99 Å². The topological polar surface area (TPSA) is 30.8 Å². The lowest BCUT2D eigenvalue weighted by Crippen LogP contribution is -2.11. The molecule has 1 atom stereocenters. The zero-order valence-corrected chi connectivity index (χ0v) is 10.0. The number of rotatable bonds is 2. The van der Waals surface area contributed by atoms with Crippen LogP contribution in [-0.2, 0) is 0 Å². The van der Waals surface area contributed by atoms with Gasteiger partial charge in [-0.3, -0.25) is 4.99 Å². The molecule has 3 nitrogen and oxygen atoms in total. The second-order valence-corrected chi connectivity index (χ2v) is 4.06. The van der Waals surface area contributed by atoms with Gasteiger partial charge < -0.3 is 9.47 Å². The van der Waals surface area contributed by atoms with E-state index in [1.54, 1.807) is 7.11 Å². The summed E-state index contributed by atoms with van der Waals surface area (Å²) in [4.78, 5) is 4.43. The van der Waals surface area contributed by atoms with Crippen LogP contribution in [0.25, 0.3) is 0 Å². The Hall–Kier alpha value is -2.29. The van der Waals surface area contributed by atoms with Crippen LogP contribution in [0.5, 0.6) is 11.5 Å². The summed E-state index contributed by atoms with van der Waals surface area (Å²) < 4.78 is 11.1. The molecule has 0 bridgehead atoms. The van der Waals surface area contributed by atoms with Gasteiger partial charge in [0.05, 0.1) is 13.3 Å². The Morgan fingerprint density at radius 3 is 2.72 bits per heavy atom. The number of hydrogen-bond acceptors (Lipinski definition) is 3. The Balaban J connectivity index is 1.91. The summed E-state index contributed by atoms with van der Waals surface area (Å²) in [5.41, 5.74) is 1.91. The van der Waals surface area contributed by atoms with E-state index in [-0.39, 0.29) is 6.10 Å². The molecule has 1 aliphatic rings. The van der Waals surface area contributed by atoms with Crippen LogP contribution < -0.4 is 9.47 Å². The molecule has 2 aromatic carbocycles. The van der Waals surface area contributed by atoms with Gasteiger partial charge in [0.1, 0.15) is 17.2 Å². The van der Waals surface area contributed by atoms with Gasteiger partial charge in [0.25, 0.3) is 0 Å². The average Bonchev–Trinajstić information content (AvgIpc) is 2.47. The number of ether oxygens (including phenoxy) is 2. The molecular formula is C15H13NO2. The van der Waals surface area contributed by atoms with Crippen LogP contribution >= 0.6 is 0 Å². The van der Waals surface area contributed by atoms with Crippen molar-refractivity contribution in [3.8, 4) is 11.5 Å². The van der Waals surface area contributed by atoms with Crippen molar-refractivity contribution in [1.82, 2.24) is 0 Å². The smallest absolute Gasteiger partial charge is 0.159 e. The van der Waals surface area contributed by atoms with Crippen LogP contribution in [0, 0.1) is 0 Å². The Morgan fingerprint density at radius 1 is 1.11 bits per heavy atom. The fourth-order valence-electron chi connectivity index (χ4n) is 1.94. The summed E-state index contributed by atoms with van der Waals surface area (Å²) in [5, 5.41) is 0. The highest BCUT2D eigenvalue weighted by atomic mass is 16.5. The van der Waals surface area contributed by atoms with Crippen LogP contribution in [0.3, 0.4) is 0 Å². The largest absolute Gasteiger partial charge is 0.497 e. The number of nitrogens with zero attached hydrogens (tertiary/aromatic N) is 1. The van der Waals surface area contributed by atoms with Gasteiger partial charge in [-0.2, -0.15) is 0 Å². The third-order valence-electron chi connectivity index (χ3n) is 2.90. The van der Waals surface area contributed by atoms with Crippen LogP contribution in [0.2, 0.25) is 0 Å². The van der Waals surface area contributed by atoms with E-state index in [1.807, 2.05) is 54.7 Å². The molecule has 0 fully saturated rings. The molecule has 0 saturated carbocycles. The van der Waals surface area contributed by atoms with Crippen molar-refractivity contribution in [2.75, 3.05) is 7.11 Å². The minimum Gasteiger partial charge on any atom is -0.497 e. The molecule has 3 rings (SSSR count). The van der Waals surface area contributed by atoms with E-state index in [1.165, 1.54) is 0 Å². The Labute approximate surface area is 106 Å². The van der Waals surface area contributed by atoms with Crippen molar-refractivity contribution < 1.29 is 9.47 Å². The molecule has 90 valence electrons. The zero-order valence-electron chi connectivity index (χ0n) is 10.0. The Morgan fingerprint density at radius 2 is 1.94 bits per heavy atom. The third kappa shape index (κ3) is 1.95. The Bertz CT molecular complexity index is 578. The number of fused-ring (bicyclic) bond motifs is 1. The van der Waals surface area contributed by atoms with Gasteiger partial charge in [-0.05, 0) is 17.7 Å². The van der Waals surface area contributed by atoms with E-state index in [2.05, 4.69) is 4.99 Å². The summed E-state index contributed by atoms with van der Waals surface area (Å²) in [7, 11) is 1.64. The Kier molecular flexibility index (Phi) is 2.73. The molecule has 0 spiro atoms. The zero-order chi connectivity index (χ0) is 12.4. The molecule has 18 heavy (non-hydrogen) atoms. The summed E-state index contributed by atoms with van der Waals surface area (Å²) in [6.45, 7) is 0. The predicted molar refractivity (Wildman–Crippen MR) is 71.0 cm³/mol. The van der Waals surface area contributed by atoms with Crippen molar-refractivity contribution in [3.05, 3.63) is 54.1 Å². The third-order valence-corrected chi connectivity index (χ3v) is 2.90. The molecule has 1 heterocycles. The molecule has 0 aliphatic carbocycles. The monoisotopic (exact) mass is 239 g/mol. The van der Waals surface area contributed by atoms with E-state index >= 15 is 0 Å². The maximum Gasteiger partial charge on any atom is 0.159 e. The molecule has 1 unspecified atom stereocenters. The quantitative estimate of drug-likeness (QED) is 0.802. The van der Waals surface area contributed by atoms with Gasteiger partial charge in [0.15, 0.2) is 6.10 Å². The van der Waals surface area contributed by atoms with E-state index in [0.29, 0.717) is 0 Å². The van der Waals surface area contributed by atoms with Gasteiger partial charge in [0.2, 0.25) is 0 Å². The molecule has 1 aliphatic heterocycles. The van der Waals surface area contributed by atoms with E-state index in [0.717, 1.165) is 22.7 Å². The van der Waals surface area contributed by atoms with Gasteiger partial charge in [-0.25, -0.2) is 0 Å². The molecule has 2 aromatic rings.